The van der Waals surface area contributed by atoms with Crippen LogP contribution in [-0.2, 0) is 14.1 Å². The van der Waals surface area contributed by atoms with Crippen molar-refractivity contribution in [2.45, 2.75) is 6.92 Å². The van der Waals surface area contributed by atoms with Crippen LogP contribution in [0.25, 0.3) is 0 Å². The summed E-state index contributed by atoms with van der Waals surface area (Å²) < 4.78 is 2.70. The molecule has 3 heterocycles. The zero-order chi connectivity index (χ0) is 17.4. The Morgan fingerprint density at radius 1 is 1.12 bits per heavy atom. The molecule has 1 aliphatic heterocycles. The van der Waals surface area contributed by atoms with Crippen molar-refractivity contribution in [2.75, 3.05) is 31.1 Å². The van der Waals surface area contributed by atoms with Gasteiger partial charge in [-0.05, 0) is 13.0 Å². The summed E-state index contributed by atoms with van der Waals surface area (Å²) in [7, 11) is 3.23. The van der Waals surface area contributed by atoms with Gasteiger partial charge in [0, 0.05) is 52.0 Å². The highest BCUT2D eigenvalue weighted by Gasteiger charge is 2.24. The Morgan fingerprint density at radius 2 is 1.79 bits per heavy atom. The number of aromatic nitrogens is 4. The average Bonchev–Trinajstić information content (AvgIpc) is 2.91. The molecule has 1 fully saturated rings. The third kappa shape index (κ3) is 2.84. The summed E-state index contributed by atoms with van der Waals surface area (Å²) in [4.78, 5) is 42.2. The summed E-state index contributed by atoms with van der Waals surface area (Å²) in [6.45, 7) is 3.99. The van der Waals surface area contributed by atoms with Gasteiger partial charge in [0.25, 0.3) is 11.5 Å². The lowest BCUT2D eigenvalue weighted by Gasteiger charge is -2.35. The fraction of sp³-hybridized carbons (Fsp3) is 0.467. The van der Waals surface area contributed by atoms with E-state index in [2.05, 4.69) is 10.1 Å². The monoisotopic (exact) mass is 332 g/mol. The average molecular weight is 332 g/mol. The van der Waals surface area contributed by atoms with Gasteiger partial charge in [-0.2, -0.15) is 5.10 Å². The normalized spacial score (nSPS) is 15.0. The number of hydrogen-bond acceptors (Lipinski definition) is 5. The van der Waals surface area contributed by atoms with E-state index in [0.717, 1.165) is 10.3 Å². The molecular formula is C15H20N6O3. The van der Waals surface area contributed by atoms with Crippen LogP contribution < -0.4 is 16.1 Å². The van der Waals surface area contributed by atoms with Crippen molar-refractivity contribution in [3.05, 3.63) is 44.4 Å². The first kappa shape index (κ1) is 16.0. The molecule has 0 unspecified atom stereocenters. The Morgan fingerprint density at radius 3 is 2.33 bits per heavy atom. The van der Waals surface area contributed by atoms with Crippen molar-refractivity contribution >= 4 is 11.7 Å². The van der Waals surface area contributed by atoms with E-state index in [1.165, 1.54) is 13.1 Å². The zero-order valence-corrected chi connectivity index (χ0v) is 13.9. The largest absolute Gasteiger partial charge is 0.354 e. The van der Waals surface area contributed by atoms with Crippen LogP contribution in [-0.4, -0.2) is 56.3 Å². The number of hydrogen-bond donors (Lipinski definition) is 1. The lowest BCUT2D eigenvalue weighted by Crippen LogP contribution is -2.50. The molecule has 1 amide bonds. The van der Waals surface area contributed by atoms with Crippen molar-refractivity contribution in [1.82, 2.24) is 24.2 Å². The van der Waals surface area contributed by atoms with Crippen molar-refractivity contribution in [1.29, 1.82) is 0 Å². The smallest absolute Gasteiger partial charge is 0.329 e. The second-order valence-electron chi connectivity index (χ2n) is 5.93. The molecule has 0 bridgehead atoms. The number of anilines is 1. The quantitative estimate of drug-likeness (QED) is 0.767. The Balaban J connectivity index is 1.71. The van der Waals surface area contributed by atoms with Crippen LogP contribution in [0.2, 0.25) is 0 Å². The van der Waals surface area contributed by atoms with Gasteiger partial charge in [-0.1, -0.05) is 0 Å². The minimum atomic E-state index is -0.444. The minimum absolute atomic E-state index is 0.101. The number of carbonyl (C=O) groups is 1. The number of aromatic amines is 1. The minimum Gasteiger partial charge on any atom is -0.354 e. The fourth-order valence-electron chi connectivity index (χ4n) is 2.69. The van der Waals surface area contributed by atoms with Crippen LogP contribution in [0.1, 0.15) is 16.2 Å². The lowest BCUT2D eigenvalue weighted by molar-refractivity contribution is 0.0739. The SMILES string of the molecule is Cc1cc(C(=O)N2CCN(c3cc(=O)n(C)c(=O)[nH]3)CC2)nn1C. The summed E-state index contributed by atoms with van der Waals surface area (Å²) in [6, 6.07) is 3.17. The number of rotatable bonds is 2. The zero-order valence-electron chi connectivity index (χ0n) is 13.9. The molecule has 1 aliphatic rings. The number of nitrogens with one attached hydrogen (secondary N) is 1. The van der Waals surface area contributed by atoms with Crippen molar-refractivity contribution in [3.8, 4) is 0 Å². The standard InChI is InChI=1S/C15H20N6O3/c1-10-8-11(17-19(10)3)14(23)21-6-4-20(5-7-21)12-9-13(22)18(2)15(24)16-12/h8-9H,4-7H2,1-3H3,(H,16,24). The van der Waals surface area contributed by atoms with Gasteiger partial charge in [-0.15, -0.1) is 0 Å². The molecule has 0 saturated carbocycles. The van der Waals surface area contributed by atoms with E-state index >= 15 is 0 Å². The summed E-state index contributed by atoms with van der Waals surface area (Å²) >= 11 is 0. The lowest BCUT2D eigenvalue weighted by atomic mass is 10.2. The van der Waals surface area contributed by atoms with Crippen LogP contribution in [0.4, 0.5) is 5.82 Å². The van der Waals surface area contributed by atoms with Crippen LogP contribution in [0, 0.1) is 6.92 Å². The maximum absolute atomic E-state index is 12.5. The fourth-order valence-corrected chi connectivity index (χ4v) is 2.69. The van der Waals surface area contributed by atoms with Crippen LogP contribution >= 0.6 is 0 Å². The van der Waals surface area contributed by atoms with E-state index < -0.39 is 5.69 Å². The predicted octanol–water partition coefficient (Wildman–Crippen LogP) is -0.922. The number of piperazine rings is 1. The molecule has 0 aromatic carbocycles. The number of amides is 1. The maximum Gasteiger partial charge on any atom is 0.329 e. The second kappa shape index (κ2) is 5.99. The molecule has 3 rings (SSSR count). The van der Waals surface area contributed by atoms with E-state index in [0.29, 0.717) is 37.7 Å². The number of carbonyl (C=O) groups excluding carboxylic acids is 1. The first-order valence-electron chi connectivity index (χ1n) is 7.72. The maximum atomic E-state index is 12.5. The molecule has 128 valence electrons. The highest BCUT2D eigenvalue weighted by molar-refractivity contribution is 5.92. The summed E-state index contributed by atoms with van der Waals surface area (Å²) in [5.41, 5.74) is 0.566. The van der Waals surface area contributed by atoms with E-state index in [1.807, 2.05) is 11.8 Å². The third-order valence-electron chi connectivity index (χ3n) is 4.37. The molecule has 1 saturated heterocycles. The summed E-state index contributed by atoms with van der Waals surface area (Å²) in [5.74, 6) is 0.389. The Kier molecular flexibility index (Phi) is 4.00. The predicted molar refractivity (Wildman–Crippen MR) is 88.4 cm³/mol. The van der Waals surface area contributed by atoms with Gasteiger partial charge in [0.2, 0.25) is 0 Å². The third-order valence-corrected chi connectivity index (χ3v) is 4.37. The van der Waals surface area contributed by atoms with Gasteiger partial charge in [0.1, 0.15) is 5.82 Å². The van der Waals surface area contributed by atoms with Gasteiger partial charge >= 0.3 is 5.69 Å². The van der Waals surface area contributed by atoms with Gasteiger partial charge < -0.3 is 9.80 Å². The highest BCUT2D eigenvalue weighted by Crippen LogP contribution is 2.13. The number of nitrogens with zero attached hydrogens (tertiary/aromatic N) is 5. The Labute approximate surface area is 138 Å². The first-order valence-corrected chi connectivity index (χ1v) is 7.72. The molecular weight excluding hydrogens is 312 g/mol. The summed E-state index contributed by atoms with van der Waals surface area (Å²) in [5, 5.41) is 4.22. The molecule has 1 N–H and O–H groups in total. The molecule has 0 atom stereocenters. The van der Waals surface area contributed by atoms with E-state index in [9.17, 15) is 14.4 Å². The highest BCUT2D eigenvalue weighted by atomic mass is 16.2. The molecule has 2 aromatic rings. The van der Waals surface area contributed by atoms with E-state index in [-0.39, 0.29) is 11.5 Å². The van der Waals surface area contributed by atoms with Crippen molar-refractivity contribution in [3.63, 3.8) is 0 Å². The van der Waals surface area contributed by atoms with E-state index in [1.54, 1.807) is 22.7 Å². The molecule has 0 spiro atoms. The Bertz CT molecular complexity index is 835. The first-order chi connectivity index (χ1) is 11.4. The van der Waals surface area contributed by atoms with Gasteiger partial charge in [0.15, 0.2) is 5.69 Å². The summed E-state index contributed by atoms with van der Waals surface area (Å²) in [6.07, 6.45) is 0. The van der Waals surface area contributed by atoms with Gasteiger partial charge in [-0.3, -0.25) is 23.8 Å². The molecule has 9 nitrogen and oxygen atoms in total. The van der Waals surface area contributed by atoms with Gasteiger partial charge in [0.05, 0.1) is 0 Å². The van der Waals surface area contributed by atoms with Gasteiger partial charge in [-0.25, -0.2) is 4.79 Å². The Hall–Kier alpha value is -2.84. The van der Waals surface area contributed by atoms with Crippen molar-refractivity contribution < 1.29 is 4.79 Å². The topological polar surface area (TPSA) is 96.2 Å². The number of H-pyrrole nitrogens is 1. The second-order valence-corrected chi connectivity index (χ2v) is 5.93. The van der Waals surface area contributed by atoms with Crippen LogP contribution in [0.15, 0.2) is 21.7 Å². The van der Waals surface area contributed by atoms with Crippen LogP contribution in [0.5, 0.6) is 0 Å². The molecule has 24 heavy (non-hydrogen) atoms. The number of aryl methyl sites for hydroxylation is 2. The molecule has 9 heteroatoms. The van der Waals surface area contributed by atoms with Crippen LogP contribution in [0.3, 0.4) is 0 Å². The van der Waals surface area contributed by atoms with Crippen molar-refractivity contribution in [2.24, 2.45) is 14.1 Å². The molecule has 2 aromatic heterocycles. The molecule has 0 radical (unpaired) electrons. The molecule has 0 aliphatic carbocycles. The van der Waals surface area contributed by atoms with E-state index in [4.69, 9.17) is 0 Å².